The second-order valence-electron chi connectivity index (χ2n) is 20.5. The molecule has 73 heavy (non-hydrogen) atoms. The highest BCUT2D eigenvalue weighted by Crippen LogP contribution is 2.53. The first kappa shape index (κ1) is 42.1. The summed E-state index contributed by atoms with van der Waals surface area (Å²) < 4.78 is 2.46. The average Bonchev–Trinajstić information content (AvgIpc) is 3.94. The van der Waals surface area contributed by atoms with E-state index < -0.39 is 0 Å². The fourth-order valence-electron chi connectivity index (χ4n) is 13.9. The van der Waals surface area contributed by atoms with E-state index in [1.165, 1.54) is 111 Å². The van der Waals surface area contributed by atoms with Gasteiger partial charge in [-0.15, -0.1) is 0 Å². The molecule has 0 fully saturated rings. The van der Waals surface area contributed by atoms with E-state index in [1.54, 1.807) is 0 Å². The summed E-state index contributed by atoms with van der Waals surface area (Å²) in [5.74, 6) is 0.509. The van der Waals surface area contributed by atoms with E-state index in [0.29, 0.717) is 6.04 Å². The summed E-state index contributed by atoms with van der Waals surface area (Å²) in [5, 5.41) is 2.54. The van der Waals surface area contributed by atoms with Crippen LogP contribution in [-0.2, 0) is 12.8 Å². The summed E-state index contributed by atoms with van der Waals surface area (Å²) in [4.78, 5) is 5.25. The molecule has 4 heteroatoms. The molecule has 0 amide bonds. The van der Waals surface area contributed by atoms with E-state index in [2.05, 4.69) is 263 Å². The fraction of sp³-hybridized carbons (Fsp3) is 0.101. The van der Waals surface area contributed by atoms with Crippen molar-refractivity contribution in [3.63, 3.8) is 0 Å². The van der Waals surface area contributed by atoms with Gasteiger partial charge in [0.1, 0.15) is 0 Å². The number of hydrogen-bond donors (Lipinski definition) is 0. The highest BCUT2D eigenvalue weighted by atomic mass is 15.2. The number of rotatable bonds is 7. The lowest BCUT2D eigenvalue weighted by Gasteiger charge is -2.39. The van der Waals surface area contributed by atoms with Gasteiger partial charge in [0.05, 0.1) is 11.0 Å². The Balaban J connectivity index is 1.06. The molecule has 346 valence electrons. The van der Waals surface area contributed by atoms with Crippen LogP contribution in [0.25, 0.3) is 49.7 Å². The zero-order valence-electron chi connectivity index (χ0n) is 40.7. The molecule has 0 radical (unpaired) electrons. The molecule has 3 nitrogen and oxygen atoms in total. The van der Waals surface area contributed by atoms with E-state index in [0.717, 1.165) is 31.4 Å². The molecule has 0 saturated heterocycles. The Labute approximate surface area is 428 Å². The largest absolute Gasteiger partial charge is 0.337 e. The second kappa shape index (κ2) is 17.0. The van der Waals surface area contributed by atoms with Gasteiger partial charge in [0.2, 0.25) is 6.71 Å². The van der Waals surface area contributed by atoms with Gasteiger partial charge in [0, 0.05) is 56.9 Å². The summed E-state index contributed by atoms with van der Waals surface area (Å²) in [6, 6.07) is 89.6. The first-order valence-corrected chi connectivity index (χ1v) is 26.3. The Morgan fingerprint density at radius 3 is 1.82 bits per heavy atom. The third-order valence-electron chi connectivity index (χ3n) is 16.7. The third kappa shape index (κ3) is 6.53. The molecule has 0 bridgehead atoms. The Morgan fingerprint density at radius 2 is 1.04 bits per heavy atom. The van der Waals surface area contributed by atoms with Crippen molar-refractivity contribution in [2.24, 2.45) is 0 Å². The third-order valence-corrected chi connectivity index (χ3v) is 16.7. The van der Waals surface area contributed by atoms with E-state index in [9.17, 15) is 0 Å². The normalized spacial score (nSPS) is 17.2. The maximum Gasteiger partial charge on any atom is 0.249 e. The van der Waals surface area contributed by atoms with Crippen LogP contribution in [0.4, 0.5) is 28.4 Å². The monoisotopic (exact) mass is 933 g/mol. The van der Waals surface area contributed by atoms with Crippen LogP contribution in [0, 0.1) is 0 Å². The molecule has 4 heterocycles. The van der Waals surface area contributed by atoms with Gasteiger partial charge >= 0.3 is 0 Å². The molecule has 0 saturated carbocycles. The minimum absolute atomic E-state index is 0.0813. The van der Waals surface area contributed by atoms with Gasteiger partial charge in [-0.2, -0.15) is 0 Å². The minimum atomic E-state index is -0.0813. The number of para-hydroxylation sites is 4. The molecular weight excluding hydrogens is 882 g/mol. The van der Waals surface area contributed by atoms with Crippen LogP contribution in [-0.4, -0.2) is 17.3 Å². The van der Waals surface area contributed by atoms with Crippen molar-refractivity contribution < 1.29 is 0 Å². The van der Waals surface area contributed by atoms with Gasteiger partial charge in [-0.05, 0) is 148 Å². The standard InChI is InChI=1S/C69H52BN3/c1-5-22-46(23-6-1)44-48-45-47-24-17-42-63-67(47)70(68-52(48)33-18-36-55(68)53-34-19-40-61-65(53)57-31-13-15-38-59(57)71(61)49-25-7-2-8-26-49)69-56(37-21-43-64(69)73(63)51-29-11-4-12-30-51)54-35-20-41-62-66(54)58-32-14-16-39-60(58)72(62)50-27-9-3-10-28-50/h1-14,16-37,39-43,48,57,59H,15,38,44-45H2. The van der Waals surface area contributed by atoms with Gasteiger partial charge in [-0.25, -0.2) is 0 Å². The predicted octanol–water partition coefficient (Wildman–Crippen LogP) is 15.3. The molecular formula is C69H52BN3. The van der Waals surface area contributed by atoms with E-state index in [1.807, 2.05) is 0 Å². The van der Waals surface area contributed by atoms with E-state index >= 15 is 0 Å². The summed E-state index contributed by atoms with van der Waals surface area (Å²) in [6.45, 7) is -0.0813. The lowest BCUT2D eigenvalue weighted by molar-refractivity contribution is 0.566. The summed E-state index contributed by atoms with van der Waals surface area (Å²) in [7, 11) is 0. The van der Waals surface area contributed by atoms with Crippen molar-refractivity contribution in [3.8, 4) is 27.9 Å². The molecule has 0 N–H and O–H groups in total. The minimum Gasteiger partial charge on any atom is -0.337 e. The van der Waals surface area contributed by atoms with Crippen molar-refractivity contribution in [2.75, 3.05) is 9.80 Å². The molecule has 4 aliphatic rings. The first-order valence-electron chi connectivity index (χ1n) is 26.3. The molecule has 15 rings (SSSR count). The SMILES string of the molecule is C1=CC2c3c(-c4cccc5c4B4c6c(cccc6N(c6ccccc6)c6cccc(-c7cccc8c7c7ccccc7n8-c7ccccc7)c64)CC5Cc4ccccc4)cccc3N(c3ccccc3)C2CC1. The number of fused-ring (bicyclic) bond motifs is 10. The molecule has 3 unspecified atom stereocenters. The summed E-state index contributed by atoms with van der Waals surface area (Å²) >= 11 is 0. The van der Waals surface area contributed by atoms with Crippen LogP contribution in [0.2, 0.25) is 0 Å². The highest BCUT2D eigenvalue weighted by Gasteiger charge is 2.46. The van der Waals surface area contributed by atoms with Crippen molar-refractivity contribution in [3.05, 3.63) is 271 Å². The fourth-order valence-corrected chi connectivity index (χ4v) is 13.9. The highest BCUT2D eigenvalue weighted by molar-refractivity contribution is 7.00. The number of allylic oxidation sites excluding steroid dienone is 1. The van der Waals surface area contributed by atoms with Crippen molar-refractivity contribution >= 4 is 73.3 Å². The summed E-state index contributed by atoms with van der Waals surface area (Å²) in [6.07, 6.45) is 9.07. The number of hydrogen-bond acceptors (Lipinski definition) is 2. The van der Waals surface area contributed by atoms with Gasteiger partial charge in [0.15, 0.2) is 0 Å². The van der Waals surface area contributed by atoms with E-state index in [4.69, 9.17) is 0 Å². The number of nitrogens with zero attached hydrogens (tertiary/aromatic N) is 3. The van der Waals surface area contributed by atoms with Gasteiger partial charge < -0.3 is 14.4 Å². The zero-order valence-corrected chi connectivity index (χ0v) is 40.7. The maximum atomic E-state index is 2.67. The van der Waals surface area contributed by atoms with Crippen LogP contribution < -0.4 is 26.2 Å². The lowest BCUT2D eigenvalue weighted by Crippen LogP contribution is -2.59. The topological polar surface area (TPSA) is 11.4 Å². The maximum absolute atomic E-state index is 2.67. The van der Waals surface area contributed by atoms with Gasteiger partial charge in [-0.1, -0.05) is 193 Å². The van der Waals surface area contributed by atoms with Crippen LogP contribution in [0.5, 0.6) is 0 Å². The Morgan fingerprint density at radius 1 is 0.452 bits per heavy atom. The van der Waals surface area contributed by atoms with Crippen LogP contribution in [0.3, 0.4) is 0 Å². The second-order valence-corrected chi connectivity index (χ2v) is 20.5. The molecule has 3 aliphatic heterocycles. The van der Waals surface area contributed by atoms with Gasteiger partial charge in [-0.3, -0.25) is 0 Å². The van der Waals surface area contributed by atoms with Crippen LogP contribution in [0.15, 0.2) is 249 Å². The molecule has 3 atom stereocenters. The summed E-state index contributed by atoms with van der Waals surface area (Å²) in [5.41, 5.74) is 25.0. The zero-order chi connectivity index (χ0) is 48.0. The van der Waals surface area contributed by atoms with Gasteiger partial charge in [0.25, 0.3) is 0 Å². The smallest absolute Gasteiger partial charge is 0.249 e. The lowest BCUT2D eigenvalue weighted by atomic mass is 9.32. The quantitative estimate of drug-likeness (QED) is 0.117. The predicted molar refractivity (Wildman–Crippen MR) is 308 cm³/mol. The Kier molecular flexibility index (Phi) is 9.83. The van der Waals surface area contributed by atoms with Crippen molar-refractivity contribution in [1.29, 1.82) is 0 Å². The molecule has 10 aromatic carbocycles. The molecule has 0 spiro atoms. The molecule has 1 aromatic heterocycles. The van der Waals surface area contributed by atoms with Crippen molar-refractivity contribution in [2.45, 2.75) is 43.6 Å². The average molecular weight is 934 g/mol. The molecule has 11 aromatic rings. The first-order chi connectivity index (χ1) is 36.3. The number of anilines is 5. The van der Waals surface area contributed by atoms with E-state index in [-0.39, 0.29) is 18.5 Å². The Hall–Kier alpha value is -8.60. The van der Waals surface area contributed by atoms with Crippen LogP contribution in [0.1, 0.15) is 46.9 Å². The number of aromatic nitrogens is 1. The number of benzene rings is 10. The van der Waals surface area contributed by atoms with Crippen LogP contribution >= 0.6 is 0 Å². The Bertz CT molecular complexity index is 3950. The molecule has 1 aliphatic carbocycles. The van der Waals surface area contributed by atoms with Crippen molar-refractivity contribution in [1.82, 2.24) is 4.57 Å².